The molecule has 108 valence electrons. The van der Waals surface area contributed by atoms with Crippen LogP contribution in [0.3, 0.4) is 0 Å². The van der Waals surface area contributed by atoms with Crippen LogP contribution in [0.1, 0.15) is 20.0 Å². The van der Waals surface area contributed by atoms with E-state index in [1.165, 1.54) is 24.3 Å². The Hall–Kier alpha value is -2.45. The molecule has 7 nitrogen and oxygen atoms in total. The lowest BCUT2D eigenvalue weighted by Gasteiger charge is -2.03. The highest BCUT2D eigenvalue weighted by atomic mass is 35.5. The van der Waals surface area contributed by atoms with Crippen molar-refractivity contribution in [2.75, 3.05) is 5.32 Å². The van der Waals surface area contributed by atoms with Crippen molar-refractivity contribution in [1.29, 1.82) is 0 Å². The first kappa shape index (κ1) is 14.9. The van der Waals surface area contributed by atoms with Crippen LogP contribution in [0.25, 0.3) is 0 Å². The van der Waals surface area contributed by atoms with Gasteiger partial charge in [0, 0.05) is 11.6 Å². The van der Waals surface area contributed by atoms with E-state index < -0.39 is 16.8 Å². The third kappa shape index (κ3) is 3.36. The average molecular weight is 327 g/mol. The number of nitro benzene ring substituents is 1. The van der Waals surface area contributed by atoms with E-state index in [0.717, 1.165) is 17.4 Å². The average Bonchev–Trinajstić information content (AvgIpc) is 2.87. The van der Waals surface area contributed by atoms with Gasteiger partial charge in [-0.15, -0.1) is 11.3 Å². The highest BCUT2D eigenvalue weighted by Gasteiger charge is 2.17. The molecule has 0 saturated carbocycles. The molecule has 1 heterocycles. The van der Waals surface area contributed by atoms with E-state index in [4.69, 9.17) is 16.7 Å². The minimum absolute atomic E-state index is 0.0522. The second kappa shape index (κ2) is 5.90. The smallest absolute Gasteiger partial charge is 0.345 e. The van der Waals surface area contributed by atoms with E-state index in [-0.39, 0.29) is 21.2 Å². The summed E-state index contributed by atoms with van der Waals surface area (Å²) in [6.07, 6.45) is 0. The van der Waals surface area contributed by atoms with Crippen LogP contribution in [0.15, 0.2) is 30.3 Å². The van der Waals surface area contributed by atoms with E-state index >= 15 is 0 Å². The predicted molar refractivity (Wildman–Crippen MR) is 77.3 cm³/mol. The molecule has 2 aromatic rings. The second-order valence-electron chi connectivity index (χ2n) is 3.85. The Kier molecular flexibility index (Phi) is 4.20. The van der Waals surface area contributed by atoms with Crippen molar-refractivity contribution in [2.45, 2.75) is 0 Å². The Balaban J connectivity index is 2.22. The zero-order valence-corrected chi connectivity index (χ0v) is 11.8. The summed E-state index contributed by atoms with van der Waals surface area (Å²) >= 11 is 6.54. The molecule has 0 aliphatic carbocycles. The second-order valence-corrected chi connectivity index (χ2v) is 5.34. The van der Waals surface area contributed by atoms with Crippen LogP contribution in [0.2, 0.25) is 5.02 Å². The molecule has 0 spiro atoms. The minimum Gasteiger partial charge on any atom is -0.477 e. The molecule has 0 unspecified atom stereocenters. The summed E-state index contributed by atoms with van der Waals surface area (Å²) in [5, 5.41) is 22.3. The molecule has 1 aromatic carbocycles. The van der Waals surface area contributed by atoms with Crippen LogP contribution in [-0.4, -0.2) is 21.9 Å². The fraction of sp³-hybridized carbons (Fsp3) is 0. The Morgan fingerprint density at radius 2 is 2.00 bits per heavy atom. The number of nitrogens with one attached hydrogen (secondary N) is 1. The zero-order chi connectivity index (χ0) is 15.6. The van der Waals surface area contributed by atoms with Crippen molar-refractivity contribution in [3.05, 3.63) is 55.9 Å². The van der Waals surface area contributed by atoms with Gasteiger partial charge in [0.1, 0.15) is 9.90 Å². The van der Waals surface area contributed by atoms with Crippen LogP contribution in [0.4, 0.5) is 10.7 Å². The van der Waals surface area contributed by atoms with Gasteiger partial charge in [-0.1, -0.05) is 11.6 Å². The monoisotopic (exact) mass is 326 g/mol. The molecule has 0 saturated heterocycles. The summed E-state index contributed by atoms with van der Waals surface area (Å²) in [5.74, 6) is -1.68. The standard InChI is InChI=1S/C12H7ClN2O5S/c13-7-2-1-6(5-8(7)15(19)20)11(16)14-10-4-3-9(21-10)12(17)18/h1-5H,(H,14,16)(H,17,18). The fourth-order valence-electron chi connectivity index (χ4n) is 1.50. The van der Waals surface area contributed by atoms with Crippen LogP contribution >= 0.6 is 22.9 Å². The highest BCUT2D eigenvalue weighted by Crippen LogP contribution is 2.26. The van der Waals surface area contributed by atoms with Crippen LogP contribution in [-0.2, 0) is 0 Å². The van der Waals surface area contributed by atoms with Crippen LogP contribution in [0, 0.1) is 10.1 Å². The summed E-state index contributed by atoms with van der Waals surface area (Å²) in [7, 11) is 0. The van der Waals surface area contributed by atoms with E-state index in [2.05, 4.69) is 5.32 Å². The topological polar surface area (TPSA) is 110 Å². The molecule has 21 heavy (non-hydrogen) atoms. The number of amides is 1. The lowest BCUT2D eigenvalue weighted by molar-refractivity contribution is -0.384. The normalized spacial score (nSPS) is 10.1. The van der Waals surface area contributed by atoms with Gasteiger partial charge in [-0.3, -0.25) is 14.9 Å². The van der Waals surface area contributed by atoms with Gasteiger partial charge in [0.15, 0.2) is 0 Å². The van der Waals surface area contributed by atoms with E-state index in [1.54, 1.807) is 0 Å². The third-order valence-electron chi connectivity index (χ3n) is 2.46. The Bertz CT molecular complexity index is 743. The number of thiophene rings is 1. The molecule has 0 radical (unpaired) electrons. The van der Waals surface area contributed by atoms with Gasteiger partial charge in [-0.05, 0) is 24.3 Å². The number of hydrogen-bond acceptors (Lipinski definition) is 5. The van der Waals surface area contributed by atoms with Gasteiger partial charge in [-0.2, -0.15) is 0 Å². The molecular formula is C12H7ClN2O5S. The third-order valence-corrected chi connectivity index (χ3v) is 3.77. The van der Waals surface area contributed by atoms with Gasteiger partial charge in [0.2, 0.25) is 0 Å². The lowest BCUT2D eigenvalue weighted by atomic mass is 10.2. The largest absolute Gasteiger partial charge is 0.477 e. The van der Waals surface area contributed by atoms with E-state index in [0.29, 0.717) is 5.00 Å². The molecule has 0 atom stereocenters. The Morgan fingerprint density at radius 1 is 1.29 bits per heavy atom. The van der Waals surface area contributed by atoms with Crippen molar-refractivity contribution < 1.29 is 19.6 Å². The van der Waals surface area contributed by atoms with Crippen molar-refractivity contribution in [3.8, 4) is 0 Å². The van der Waals surface area contributed by atoms with Crippen molar-refractivity contribution in [1.82, 2.24) is 0 Å². The summed E-state index contributed by atoms with van der Waals surface area (Å²) in [5.41, 5.74) is -0.321. The summed E-state index contributed by atoms with van der Waals surface area (Å²) in [4.78, 5) is 32.8. The first-order valence-corrected chi connectivity index (χ1v) is 6.66. The number of hydrogen-bond donors (Lipinski definition) is 2. The quantitative estimate of drug-likeness (QED) is 0.662. The molecule has 0 aliphatic rings. The summed E-state index contributed by atoms with van der Waals surface area (Å²) in [6, 6.07) is 6.45. The van der Waals surface area contributed by atoms with Gasteiger partial charge in [0.25, 0.3) is 11.6 Å². The first-order chi connectivity index (χ1) is 9.88. The number of rotatable bonds is 4. The zero-order valence-electron chi connectivity index (χ0n) is 10.2. The Labute approximate surface area is 126 Å². The molecule has 2 N–H and O–H groups in total. The molecule has 0 fully saturated rings. The molecule has 0 bridgehead atoms. The maximum atomic E-state index is 12.0. The Morgan fingerprint density at radius 3 is 2.57 bits per heavy atom. The number of aromatic carboxylic acids is 1. The predicted octanol–water partition coefficient (Wildman–Crippen LogP) is 3.26. The lowest BCUT2D eigenvalue weighted by Crippen LogP contribution is -2.11. The summed E-state index contributed by atoms with van der Waals surface area (Å²) in [6.45, 7) is 0. The minimum atomic E-state index is -1.09. The number of benzene rings is 1. The number of carboxylic acids is 1. The molecular weight excluding hydrogens is 320 g/mol. The molecule has 2 rings (SSSR count). The number of carbonyl (C=O) groups is 2. The molecule has 9 heteroatoms. The van der Waals surface area contributed by atoms with Gasteiger partial charge >= 0.3 is 5.97 Å². The maximum absolute atomic E-state index is 12.0. The fourth-order valence-corrected chi connectivity index (χ4v) is 2.42. The number of nitro groups is 1. The van der Waals surface area contributed by atoms with Crippen LogP contribution < -0.4 is 5.32 Å². The van der Waals surface area contributed by atoms with Crippen molar-refractivity contribution in [3.63, 3.8) is 0 Å². The van der Waals surface area contributed by atoms with Crippen molar-refractivity contribution in [2.24, 2.45) is 0 Å². The number of carbonyl (C=O) groups excluding carboxylic acids is 1. The highest BCUT2D eigenvalue weighted by molar-refractivity contribution is 7.18. The SMILES string of the molecule is O=C(Nc1ccc(C(=O)O)s1)c1ccc(Cl)c([N+](=O)[O-])c1. The van der Waals surface area contributed by atoms with Crippen molar-refractivity contribution >= 4 is 45.5 Å². The van der Waals surface area contributed by atoms with Gasteiger partial charge < -0.3 is 10.4 Å². The van der Waals surface area contributed by atoms with Gasteiger partial charge in [-0.25, -0.2) is 4.79 Å². The first-order valence-electron chi connectivity index (χ1n) is 5.47. The molecule has 0 aliphatic heterocycles. The molecule has 1 amide bonds. The number of carboxylic acid groups (broad SMARTS) is 1. The maximum Gasteiger partial charge on any atom is 0.345 e. The number of nitrogens with zero attached hydrogens (tertiary/aromatic N) is 1. The summed E-state index contributed by atoms with van der Waals surface area (Å²) < 4.78 is 0. The van der Waals surface area contributed by atoms with E-state index in [9.17, 15) is 19.7 Å². The van der Waals surface area contributed by atoms with Crippen LogP contribution in [0.5, 0.6) is 0 Å². The molecule has 1 aromatic heterocycles. The number of anilines is 1. The van der Waals surface area contributed by atoms with Gasteiger partial charge in [0.05, 0.1) is 9.92 Å². The van der Waals surface area contributed by atoms with E-state index in [1.807, 2.05) is 0 Å². The number of halogens is 1.